The molecule has 0 spiro atoms. The van der Waals surface area contributed by atoms with Gasteiger partial charge >= 0.3 is 0 Å². The monoisotopic (exact) mass is 200 g/mol. The van der Waals surface area contributed by atoms with Crippen LogP contribution in [0.25, 0.3) is 0 Å². The molecule has 1 aliphatic carbocycles. The molecule has 2 aliphatic rings. The van der Waals surface area contributed by atoms with E-state index in [1.807, 2.05) is 0 Å². The molecule has 1 saturated carbocycles. The molecule has 0 radical (unpaired) electrons. The SMILES string of the molecule is O=C(CC1(F)CCNCC1)NC1CC1. The molecule has 1 amide bonds. The molecule has 0 aromatic heterocycles. The molecule has 1 saturated heterocycles. The van der Waals surface area contributed by atoms with Crippen molar-refractivity contribution in [2.45, 2.75) is 43.8 Å². The number of piperidine rings is 1. The van der Waals surface area contributed by atoms with Crippen molar-refractivity contribution in [2.24, 2.45) is 0 Å². The van der Waals surface area contributed by atoms with Crippen LogP contribution < -0.4 is 10.6 Å². The second-order valence-corrected chi connectivity index (χ2v) is 4.42. The highest BCUT2D eigenvalue weighted by Crippen LogP contribution is 2.27. The van der Waals surface area contributed by atoms with Crippen LogP contribution in [0, 0.1) is 0 Å². The van der Waals surface area contributed by atoms with Crippen molar-refractivity contribution in [1.29, 1.82) is 0 Å². The lowest BCUT2D eigenvalue weighted by Crippen LogP contribution is -2.42. The predicted octanol–water partition coefficient (Wildman–Crippen LogP) is 0.747. The Hall–Kier alpha value is -0.640. The Bertz CT molecular complexity index is 222. The number of rotatable bonds is 3. The highest BCUT2D eigenvalue weighted by atomic mass is 19.1. The molecular formula is C10H17FN2O. The van der Waals surface area contributed by atoms with Crippen molar-refractivity contribution in [1.82, 2.24) is 10.6 Å². The highest BCUT2D eigenvalue weighted by Gasteiger charge is 2.35. The van der Waals surface area contributed by atoms with E-state index in [2.05, 4.69) is 10.6 Å². The first-order chi connectivity index (χ1) is 6.68. The zero-order chi connectivity index (χ0) is 10.0. The minimum Gasteiger partial charge on any atom is -0.353 e. The number of hydrogen-bond donors (Lipinski definition) is 2. The fraction of sp³-hybridized carbons (Fsp3) is 0.900. The number of halogens is 1. The summed E-state index contributed by atoms with van der Waals surface area (Å²) in [6, 6.07) is 0.341. The summed E-state index contributed by atoms with van der Waals surface area (Å²) in [4.78, 5) is 11.4. The molecule has 2 N–H and O–H groups in total. The average Bonchev–Trinajstić information content (AvgIpc) is 2.88. The van der Waals surface area contributed by atoms with Crippen LogP contribution in [-0.2, 0) is 4.79 Å². The maximum atomic E-state index is 14.0. The first kappa shape index (κ1) is 9.90. The van der Waals surface area contributed by atoms with Crippen molar-refractivity contribution in [3.63, 3.8) is 0 Å². The van der Waals surface area contributed by atoms with Gasteiger partial charge in [-0.15, -0.1) is 0 Å². The third kappa shape index (κ3) is 2.67. The molecule has 2 rings (SSSR count). The summed E-state index contributed by atoms with van der Waals surface area (Å²) >= 11 is 0. The Morgan fingerprint density at radius 1 is 1.43 bits per heavy atom. The molecule has 1 heterocycles. The summed E-state index contributed by atoms with van der Waals surface area (Å²) in [5, 5.41) is 5.92. The molecule has 0 bridgehead atoms. The van der Waals surface area contributed by atoms with E-state index in [1.165, 1.54) is 0 Å². The summed E-state index contributed by atoms with van der Waals surface area (Å²) in [7, 11) is 0. The largest absolute Gasteiger partial charge is 0.353 e. The van der Waals surface area contributed by atoms with Gasteiger partial charge in [-0.1, -0.05) is 0 Å². The van der Waals surface area contributed by atoms with Crippen molar-refractivity contribution < 1.29 is 9.18 Å². The van der Waals surface area contributed by atoms with Crippen LogP contribution in [0.4, 0.5) is 4.39 Å². The van der Waals surface area contributed by atoms with Gasteiger partial charge in [0.15, 0.2) is 0 Å². The Morgan fingerprint density at radius 2 is 2.07 bits per heavy atom. The molecule has 3 nitrogen and oxygen atoms in total. The van der Waals surface area contributed by atoms with Gasteiger partial charge in [0.25, 0.3) is 0 Å². The summed E-state index contributed by atoms with van der Waals surface area (Å²) in [6.07, 6.45) is 3.10. The lowest BCUT2D eigenvalue weighted by Gasteiger charge is -2.29. The second-order valence-electron chi connectivity index (χ2n) is 4.42. The van der Waals surface area contributed by atoms with Gasteiger partial charge in [0, 0.05) is 6.04 Å². The number of amides is 1. The van der Waals surface area contributed by atoms with Crippen LogP contribution in [0.15, 0.2) is 0 Å². The summed E-state index contributed by atoms with van der Waals surface area (Å²) in [6.45, 7) is 1.38. The van der Waals surface area contributed by atoms with Gasteiger partial charge in [-0.3, -0.25) is 4.79 Å². The summed E-state index contributed by atoms with van der Waals surface area (Å²) in [5.41, 5.74) is -1.26. The van der Waals surface area contributed by atoms with Gasteiger partial charge in [0.05, 0.1) is 6.42 Å². The Kier molecular flexibility index (Phi) is 2.72. The number of nitrogens with one attached hydrogen (secondary N) is 2. The van der Waals surface area contributed by atoms with Crippen molar-refractivity contribution in [3.8, 4) is 0 Å². The van der Waals surface area contributed by atoms with Crippen LogP contribution >= 0.6 is 0 Å². The molecule has 14 heavy (non-hydrogen) atoms. The third-order valence-electron chi connectivity index (χ3n) is 2.92. The minimum atomic E-state index is -1.26. The zero-order valence-electron chi connectivity index (χ0n) is 8.31. The molecule has 0 atom stereocenters. The third-order valence-corrected chi connectivity index (χ3v) is 2.92. The minimum absolute atomic E-state index is 0.0468. The molecule has 0 aromatic rings. The lowest BCUT2D eigenvalue weighted by molar-refractivity contribution is -0.124. The van der Waals surface area contributed by atoms with Gasteiger partial charge < -0.3 is 10.6 Å². The average molecular weight is 200 g/mol. The Labute approximate surface area is 83.4 Å². The fourth-order valence-corrected chi connectivity index (χ4v) is 1.85. The lowest BCUT2D eigenvalue weighted by atomic mass is 9.91. The van der Waals surface area contributed by atoms with E-state index in [0.29, 0.717) is 32.0 Å². The molecule has 2 fully saturated rings. The van der Waals surface area contributed by atoms with Crippen LogP contribution in [0.3, 0.4) is 0 Å². The Balaban J connectivity index is 1.78. The van der Waals surface area contributed by atoms with Gasteiger partial charge in [-0.2, -0.15) is 0 Å². The van der Waals surface area contributed by atoms with E-state index in [-0.39, 0.29) is 12.3 Å². The first-order valence-electron chi connectivity index (χ1n) is 5.37. The predicted molar refractivity (Wildman–Crippen MR) is 51.7 cm³/mol. The number of alkyl halides is 1. The molecule has 1 aliphatic heterocycles. The van der Waals surface area contributed by atoms with E-state index in [9.17, 15) is 9.18 Å². The van der Waals surface area contributed by atoms with Crippen LogP contribution in [-0.4, -0.2) is 30.7 Å². The molecular weight excluding hydrogens is 183 g/mol. The number of hydrogen-bond acceptors (Lipinski definition) is 2. The van der Waals surface area contributed by atoms with Gasteiger partial charge in [-0.05, 0) is 38.8 Å². The molecule has 0 aromatic carbocycles. The van der Waals surface area contributed by atoms with E-state index >= 15 is 0 Å². The van der Waals surface area contributed by atoms with Crippen LogP contribution in [0.5, 0.6) is 0 Å². The molecule has 4 heteroatoms. The normalized spacial score (nSPS) is 25.8. The number of carbonyl (C=O) groups is 1. The Morgan fingerprint density at radius 3 is 2.64 bits per heavy atom. The van der Waals surface area contributed by atoms with Gasteiger partial charge in [0.1, 0.15) is 5.67 Å². The summed E-state index contributed by atoms with van der Waals surface area (Å²) in [5.74, 6) is -0.114. The number of carbonyl (C=O) groups excluding carboxylic acids is 1. The van der Waals surface area contributed by atoms with Crippen LogP contribution in [0.1, 0.15) is 32.1 Å². The van der Waals surface area contributed by atoms with Crippen molar-refractivity contribution >= 4 is 5.91 Å². The smallest absolute Gasteiger partial charge is 0.223 e. The summed E-state index contributed by atoms with van der Waals surface area (Å²) < 4.78 is 14.0. The first-order valence-corrected chi connectivity index (χ1v) is 5.37. The van der Waals surface area contributed by atoms with E-state index in [4.69, 9.17) is 0 Å². The zero-order valence-corrected chi connectivity index (χ0v) is 8.31. The molecule has 80 valence electrons. The van der Waals surface area contributed by atoms with E-state index in [0.717, 1.165) is 12.8 Å². The topological polar surface area (TPSA) is 41.1 Å². The highest BCUT2D eigenvalue weighted by molar-refractivity contribution is 5.77. The fourth-order valence-electron chi connectivity index (χ4n) is 1.85. The van der Waals surface area contributed by atoms with E-state index in [1.54, 1.807) is 0 Å². The van der Waals surface area contributed by atoms with Crippen molar-refractivity contribution in [3.05, 3.63) is 0 Å². The van der Waals surface area contributed by atoms with Crippen molar-refractivity contribution in [2.75, 3.05) is 13.1 Å². The maximum absolute atomic E-state index is 14.0. The maximum Gasteiger partial charge on any atom is 0.223 e. The van der Waals surface area contributed by atoms with Gasteiger partial charge in [0.2, 0.25) is 5.91 Å². The van der Waals surface area contributed by atoms with E-state index < -0.39 is 5.67 Å². The molecule has 0 unspecified atom stereocenters. The standard InChI is InChI=1S/C10H17FN2O/c11-10(3-5-12-6-4-10)7-9(14)13-8-1-2-8/h8,12H,1-7H2,(H,13,14). The second kappa shape index (κ2) is 3.85. The van der Waals surface area contributed by atoms with Gasteiger partial charge in [-0.25, -0.2) is 4.39 Å². The quantitative estimate of drug-likeness (QED) is 0.705. The van der Waals surface area contributed by atoms with Crippen LogP contribution in [0.2, 0.25) is 0 Å².